The molecule has 4 atom stereocenters. The van der Waals surface area contributed by atoms with E-state index in [2.05, 4.69) is 35.6 Å². The number of hydrogen-bond donors (Lipinski definition) is 4. The molecule has 5 aromatic rings. The average Bonchev–Trinajstić information content (AvgIpc) is 3.85. The molecule has 1 unspecified atom stereocenters. The summed E-state index contributed by atoms with van der Waals surface area (Å²) in [5.41, 5.74) is 13.5. The van der Waals surface area contributed by atoms with E-state index in [9.17, 15) is 23.9 Å². The Bertz CT molecular complexity index is 2320. The van der Waals surface area contributed by atoms with Gasteiger partial charge in [0, 0.05) is 56.0 Å². The minimum atomic E-state index is -0.919. The van der Waals surface area contributed by atoms with Gasteiger partial charge in [0.15, 0.2) is 5.82 Å². The highest BCUT2D eigenvalue weighted by atomic mass is 32.1. The Morgan fingerprint density at radius 3 is 2.27 bits per heavy atom. The zero-order valence-electron chi connectivity index (χ0n) is 34.6. The average molecular weight is 834 g/mol. The smallest absolute Gasteiger partial charge is 0.246 e. The predicted octanol–water partition coefficient (Wildman–Crippen LogP) is 5.46. The summed E-state index contributed by atoms with van der Waals surface area (Å²) in [6, 6.07) is 21.9. The lowest BCUT2D eigenvalue weighted by molar-refractivity contribution is -0.144. The molecule has 2 fully saturated rings. The van der Waals surface area contributed by atoms with E-state index in [0.717, 1.165) is 32.9 Å². The van der Waals surface area contributed by atoms with Gasteiger partial charge in [-0.3, -0.25) is 19.3 Å². The molecule has 0 bridgehead atoms. The molecule has 13 nitrogen and oxygen atoms in total. The Balaban J connectivity index is 0.932. The first kappa shape index (κ1) is 42.4. The molecule has 7 rings (SSSR count). The van der Waals surface area contributed by atoms with E-state index in [1.54, 1.807) is 35.6 Å². The summed E-state index contributed by atoms with van der Waals surface area (Å²) >= 11 is 1.58. The number of nitrogens with one attached hydrogen (secondary N) is 2. The fraction of sp³-hybridized carbons (Fsp3) is 0.378. The minimum absolute atomic E-state index is 0.00112. The number of carbonyl (C=O) groups is 3. The van der Waals surface area contributed by atoms with Crippen LogP contribution < -0.4 is 21.3 Å². The molecule has 15 heteroatoms. The van der Waals surface area contributed by atoms with Gasteiger partial charge in [-0.2, -0.15) is 0 Å². The largest absolute Gasteiger partial charge is 0.391 e. The first-order valence-corrected chi connectivity index (χ1v) is 21.1. The minimum Gasteiger partial charge on any atom is -0.391 e. The van der Waals surface area contributed by atoms with Crippen LogP contribution in [0.25, 0.3) is 32.8 Å². The molecule has 60 heavy (non-hydrogen) atoms. The topological polar surface area (TPSA) is 170 Å². The summed E-state index contributed by atoms with van der Waals surface area (Å²) in [6.07, 6.45) is -0.758. The van der Waals surface area contributed by atoms with Crippen molar-refractivity contribution in [2.24, 2.45) is 5.41 Å². The number of piperazine rings is 1. The lowest BCUT2D eigenvalue weighted by Gasteiger charge is -2.37. The highest BCUT2D eigenvalue weighted by Gasteiger charge is 2.45. The number of rotatable bonds is 11. The van der Waals surface area contributed by atoms with Gasteiger partial charge in [-0.1, -0.05) is 69.3 Å². The normalized spacial score (nSPS) is 18.2. The zero-order chi connectivity index (χ0) is 42.7. The van der Waals surface area contributed by atoms with Crippen molar-refractivity contribution in [3.63, 3.8) is 0 Å². The standard InChI is InChI=1S/C45H52FN9O4S/c1-27(29-10-12-31(13-11-29)40-28(2)48-26-60-40)49-43(58)38-22-33(56)24-55(38)44(59)41(45(3,4)5)50-39(57)25-53-18-20-54(21-19-53)32-16-14-30(15-17-32)35-23-37(51-52-42(35)47)34-8-6-7-9-36(34)46/h6-17,23,26-27,33,38,41,56H,18-22,24-25H2,1-5H3,(H2,47,52)(H,49,58)(H,50,57)/t27-,33+,38-,41?/m0/s1. The number of aromatic nitrogens is 3. The van der Waals surface area contributed by atoms with Crippen molar-refractivity contribution in [2.45, 2.75) is 65.3 Å². The number of thiazole rings is 1. The van der Waals surface area contributed by atoms with Gasteiger partial charge in [0.05, 0.1) is 40.5 Å². The van der Waals surface area contributed by atoms with Crippen LogP contribution in [0.15, 0.2) is 84.4 Å². The fourth-order valence-electron chi connectivity index (χ4n) is 7.87. The van der Waals surface area contributed by atoms with Gasteiger partial charge >= 0.3 is 0 Å². The highest BCUT2D eigenvalue weighted by molar-refractivity contribution is 7.13. The number of nitrogens with two attached hydrogens (primary N) is 1. The third-order valence-electron chi connectivity index (χ3n) is 11.3. The molecule has 2 aromatic heterocycles. The molecular formula is C45H52FN9O4S. The third-order valence-corrected chi connectivity index (χ3v) is 12.3. The van der Waals surface area contributed by atoms with E-state index in [-0.39, 0.29) is 49.0 Å². The number of aliphatic hydroxyl groups is 1. The lowest BCUT2D eigenvalue weighted by atomic mass is 9.85. The molecule has 3 amide bonds. The summed E-state index contributed by atoms with van der Waals surface area (Å²) < 4.78 is 14.5. The lowest BCUT2D eigenvalue weighted by Crippen LogP contribution is -2.59. The van der Waals surface area contributed by atoms with E-state index < -0.39 is 29.5 Å². The van der Waals surface area contributed by atoms with E-state index >= 15 is 0 Å². The molecule has 314 valence electrons. The molecule has 2 saturated heterocycles. The first-order valence-electron chi connectivity index (χ1n) is 20.2. The summed E-state index contributed by atoms with van der Waals surface area (Å²) in [5, 5.41) is 24.9. The number of likely N-dealkylation sites (tertiary alicyclic amines) is 1. The van der Waals surface area contributed by atoms with Crippen LogP contribution in [0.1, 0.15) is 51.4 Å². The Labute approximate surface area is 353 Å². The molecule has 0 spiro atoms. The molecule has 4 heterocycles. The van der Waals surface area contributed by atoms with Crippen molar-refractivity contribution >= 4 is 40.6 Å². The van der Waals surface area contributed by atoms with Crippen LogP contribution in [0.4, 0.5) is 15.9 Å². The van der Waals surface area contributed by atoms with E-state index in [1.807, 2.05) is 88.7 Å². The molecule has 0 saturated carbocycles. The summed E-state index contributed by atoms with van der Waals surface area (Å²) in [7, 11) is 0. The number of amides is 3. The van der Waals surface area contributed by atoms with Gasteiger partial charge in [-0.15, -0.1) is 21.5 Å². The van der Waals surface area contributed by atoms with Gasteiger partial charge in [0.2, 0.25) is 17.7 Å². The van der Waals surface area contributed by atoms with Gasteiger partial charge < -0.3 is 31.3 Å². The number of nitrogens with zero attached hydrogens (tertiary/aromatic N) is 6. The number of carbonyl (C=O) groups excluding carboxylic acids is 3. The van der Waals surface area contributed by atoms with Crippen molar-refractivity contribution in [3.8, 4) is 32.8 Å². The Hall–Kier alpha value is -5.77. The van der Waals surface area contributed by atoms with E-state index in [0.29, 0.717) is 43.0 Å². The number of benzene rings is 3. The second-order valence-electron chi connectivity index (χ2n) is 16.7. The molecule has 3 aromatic carbocycles. The summed E-state index contributed by atoms with van der Waals surface area (Å²) in [5.74, 6) is -1.18. The number of aliphatic hydroxyl groups excluding tert-OH is 1. The van der Waals surface area contributed by atoms with Gasteiger partial charge in [-0.25, -0.2) is 9.37 Å². The first-order chi connectivity index (χ1) is 28.7. The predicted molar refractivity (Wildman–Crippen MR) is 232 cm³/mol. The number of halogens is 1. The van der Waals surface area contributed by atoms with Crippen molar-refractivity contribution in [2.75, 3.05) is 49.9 Å². The Morgan fingerprint density at radius 1 is 0.933 bits per heavy atom. The molecule has 2 aliphatic heterocycles. The summed E-state index contributed by atoms with van der Waals surface area (Å²) in [4.78, 5) is 52.6. The highest BCUT2D eigenvalue weighted by Crippen LogP contribution is 2.32. The number of nitrogen functional groups attached to an aromatic ring is 1. The van der Waals surface area contributed by atoms with Gasteiger partial charge in [-0.05, 0) is 66.3 Å². The van der Waals surface area contributed by atoms with Crippen LogP contribution in [0.3, 0.4) is 0 Å². The van der Waals surface area contributed by atoms with Crippen molar-refractivity contribution in [1.82, 2.24) is 35.6 Å². The second-order valence-corrected chi connectivity index (χ2v) is 17.6. The zero-order valence-corrected chi connectivity index (χ0v) is 35.4. The molecule has 2 aliphatic rings. The molecule has 0 aliphatic carbocycles. The Morgan fingerprint density at radius 2 is 1.62 bits per heavy atom. The van der Waals surface area contributed by atoms with Crippen molar-refractivity contribution in [1.29, 1.82) is 0 Å². The summed E-state index contributed by atoms with van der Waals surface area (Å²) in [6.45, 7) is 12.2. The maximum atomic E-state index is 14.5. The fourth-order valence-corrected chi connectivity index (χ4v) is 8.69. The number of β-amino-alcohol motifs (C(OH)–C–C–N with tert-alkyl or cyclic N) is 1. The maximum absolute atomic E-state index is 14.5. The molecular weight excluding hydrogens is 782 g/mol. The van der Waals surface area contributed by atoms with Crippen LogP contribution in [0.2, 0.25) is 0 Å². The quantitative estimate of drug-likeness (QED) is 0.134. The number of anilines is 2. The van der Waals surface area contributed by atoms with Crippen molar-refractivity contribution in [3.05, 3.63) is 101 Å². The van der Waals surface area contributed by atoms with Crippen LogP contribution in [-0.4, -0.2) is 105 Å². The van der Waals surface area contributed by atoms with Crippen LogP contribution in [-0.2, 0) is 14.4 Å². The van der Waals surface area contributed by atoms with Crippen LogP contribution >= 0.6 is 11.3 Å². The monoisotopic (exact) mass is 833 g/mol. The number of hydrogen-bond acceptors (Lipinski definition) is 11. The third kappa shape index (κ3) is 9.48. The SMILES string of the molecule is Cc1ncsc1-c1ccc([C@H](C)NC(=O)[C@@H]2C[C@@H](O)CN2C(=O)C(NC(=O)CN2CCN(c3ccc(-c4cc(-c5ccccc5F)nnc4N)cc3)CC2)C(C)(C)C)cc1. The van der Waals surface area contributed by atoms with Crippen LogP contribution in [0.5, 0.6) is 0 Å². The molecule has 5 N–H and O–H groups in total. The number of aryl methyl sites for hydroxylation is 1. The Kier molecular flexibility index (Phi) is 12.6. The van der Waals surface area contributed by atoms with E-state index in [4.69, 9.17) is 5.73 Å². The maximum Gasteiger partial charge on any atom is 0.246 e. The van der Waals surface area contributed by atoms with Crippen LogP contribution in [0, 0.1) is 18.2 Å². The van der Waals surface area contributed by atoms with E-state index in [1.165, 1.54) is 11.0 Å². The van der Waals surface area contributed by atoms with Gasteiger partial charge in [0.25, 0.3) is 0 Å². The molecule has 0 radical (unpaired) electrons. The van der Waals surface area contributed by atoms with Gasteiger partial charge in [0.1, 0.15) is 17.9 Å². The van der Waals surface area contributed by atoms with Crippen molar-refractivity contribution < 1.29 is 23.9 Å². The second kappa shape index (κ2) is 17.8.